The van der Waals surface area contributed by atoms with Crippen LogP contribution in [0.15, 0.2) is 0 Å². The van der Waals surface area contributed by atoms with Crippen LogP contribution in [0, 0.1) is 0 Å². The summed E-state index contributed by atoms with van der Waals surface area (Å²) >= 11 is 0. The van der Waals surface area contributed by atoms with E-state index in [2.05, 4.69) is 0 Å². The van der Waals surface area contributed by atoms with Crippen molar-refractivity contribution in [2.24, 2.45) is 5.73 Å². The molecule has 4 nitrogen and oxygen atoms in total. The van der Waals surface area contributed by atoms with Gasteiger partial charge in [0.2, 0.25) is 0 Å². The molecule has 1 aliphatic heterocycles. The molecule has 11 heavy (non-hydrogen) atoms. The first kappa shape index (κ1) is 8.93. The van der Waals surface area contributed by atoms with Gasteiger partial charge in [0.05, 0.1) is 6.10 Å². The number of hydrogen-bond acceptors (Lipinski definition) is 4. The molecule has 0 aromatic heterocycles. The minimum atomic E-state index is -0.648. The van der Waals surface area contributed by atoms with Crippen molar-refractivity contribution in [1.82, 2.24) is 0 Å². The van der Waals surface area contributed by atoms with Crippen molar-refractivity contribution in [3.63, 3.8) is 0 Å². The molecule has 3 atom stereocenters. The molecule has 1 aliphatic rings. The maximum atomic E-state index is 8.98. The highest BCUT2D eigenvalue weighted by Gasteiger charge is 2.27. The second kappa shape index (κ2) is 4.01. The summed E-state index contributed by atoms with van der Waals surface area (Å²) in [5.41, 5.74) is 5.66. The highest BCUT2D eigenvalue weighted by Crippen LogP contribution is 2.20. The molecule has 3 unspecified atom stereocenters. The SMILES string of the molecule is NC(CCO)C1CCC(O)O1. The Morgan fingerprint density at radius 2 is 2.27 bits per heavy atom. The van der Waals surface area contributed by atoms with Crippen LogP contribution in [0.2, 0.25) is 0 Å². The summed E-state index contributed by atoms with van der Waals surface area (Å²) in [6.45, 7) is 0.0805. The van der Waals surface area contributed by atoms with E-state index < -0.39 is 6.29 Å². The highest BCUT2D eigenvalue weighted by molar-refractivity contribution is 4.78. The van der Waals surface area contributed by atoms with Crippen LogP contribution < -0.4 is 5.73 Å². The summed E-state index contributed by atoms with van der Waals surface area (Å²) in [6, 6.07) is -0.142. The normalized spacial score (nSPS) is 34.1. The number of aliphatic hydroxyl groups excluding tert-OH is 2. The van der Waals surface area contributed by atoms with Crippen molar-refractivity contribution < 1.29 is 14.9 Å². The Kier molecular flexibility index (Phi) is 3.26. The first-order chi connectivity index (χ1) is 5.24. The van der Waals surface area contributed by atoms with E-state index in [1.807, 2.05) is 0 Å². The largest absolute Gasteiger partial charge is 0.396 e. The van der Waals surface area contributed by atoms with Crippen LogP contribution >= 0.6 is 0 Å². The van der Waals surface area contributed by atoms with Gasteiger partial charge in [-0.3, -0.25) is 0 Å². The molecule has 0 aromatic rings. The summed E-state index contributed by atoms with van der Waals surface area (Å²) in [7, 11) is 0. The van der Waals surface area contributed by atoms with E-state index in [1.54, 1.807) is 0 Å². The van der Waals surface area contributed by atoms with Crippen LogP contribution in [0.4, 0.5) is 0 Å². The van der Waals surface area contributed by atoms with Gasteiger partial charge in [0, 0.05) is 19.1 Å². The molecule has 1 rings (SSSR count). The van der Waals surface area contributed by atoms with Gasteiger partial charge in [-0.2, -0.15) is 0 Å². The van der Waals surface area contributed by atoms with E-state index in [4.69, 9.17) is 20.7 Å². The zero-order valence-electron chi connectivity index (χ0n) is 6.44. The van der Waals surface area contributed by atoms with Crippen molar-refractivity contribution in [1.29, 1.82) is 0 Å². The van der Waals surface area contributed by atoms with Crippen LogP contribution in [0.5, 0.6) is 0 Å². The summed E-state index contributed by atoms with van der Waals surface area (Å²) < 4.78 is 5.10. The van der Waals surface area contributed by atoms with E-state index in [-0.39, 0.29) is 18.8 Å². The molecule has 1 saturated heterocycles. The van der Waals surface area contributed by atoms with E-state index >= 15 is 0 Å². The smallest absolute Gasteiger partial charge is 0.155 e. The zero-order valence-corrected chi connectivity index (χ0v) is 6.44. The minimum Gasteiger partial charge on any atom is -0.396 e. The predicted molar refractivity (Wildman–Crippen MR) is 39.8 cm³/mol. The third-order valence-corrected chi connectivity index (χ3v) is 1.97. The molecular weight excluding hydrogens is 146 g/mol. The summed E-state index contributed by atoms with van der Waals surface area (Å²) in [5.74, 6) is 0. The molecule has 1 heterocycles. The highest BCUT2D eigenvalue weighted by atomic mass is 16.6. The molecular formula is C7H15NO3. The van der Waals surface area contributed by atoms with Crippen LogP contribution in [0.3, 0.4) is 0 Å². The van der Waals surface area contributed by atoms with Gasteiger partial charge < -0.3 is 20.7 Å². The monoisotopic (exact) mass is 161 g/mol. The number of hydrogen-bond donors (Lipinski definition) is 3. The van der Waals surface area contributed by atoms with Gasteiger partial charge in [-0.15, -0.1) is 0 Å². The van der Waals surface area contributed by atoms with Crippen molar-refractivity contribution in [2.45, 2.75) is 37.7 Å². The van der Waals surface area contributed by atoms with Gasteiger partial charge >= 0.3 is 0 Å². The van der Waals surface area contributed by atoms with Crippen molar-refractivity contribution in [2.75, 3.05) is 6.61 Å². The average Bonchev–Trinajstić information content (AvgIpc) is 2.36. The Morgan fingerprint density at radius 1 is 1.55 bits per heavy atom. The average molecular weight is 161 g/mol. The van der Waals surface area contributed by atoms with Gasteiger partial charge in [-0.1, -0.05) is 0 Å². The van der Waals surface area contributed by atoms with E-state index in [9.17, 15) is 0 Å². The molecule has 4 heteroatoms. The van der Waals surface area contributed by atoms with E-state index in [0.717, 1.165) is 6.42 Å². The molecule has 66 valence electrons. The second-order valence-electron chi connectivity index (χ2n) is 2.88. The van der Waals surface area contributed by atoms with Crippen molar-refractivity contribution in [3.05, 3.63) is 0 Å². The van der Waals surface area contributed by atoms with Crippen LogP contribution in [0.1, 0.15) is 19.3 Å². The van der Waals surface area contributed by atoms with Crippen molar-refractivity contribution in [3.8, 4) is 0 Å². The van der Waals surface area contributed by atoms with Gasteiger partial charge in [0.25, 0.3) is 0 Å². The zero-order chi connectivity index (χ0) is 8.27. The molecule has 0 spiro atoms. The number of ether oxygens (including phenoxy) is 1. The lowest BCUT2D eigenvalue weighted by molar-refractivity contribution is -0.0968. The molecule has 0 bridgehead atoms. The van der Waals surface area contributed by atoms with Gasteiger partial charge in [0.15, 0.2) is 6.29 Å². The lowest BCUT2D eigenvalue weighted by Crippen LogP contribution is -2.35. The van der Waals surface area contributed by atoms with Crippen LogP contribution in [-0.2, 0) is 4.74 Å². The molecule has 4 N–H and O–H groups in total. The number of rotatable bonds is 3. The Bertz CT molecular complexity index is 120. The van der Waals surface area contributed by atoms with Gasteiger partial charge in [0.1, 0.15) is 0 Å². The number of aliphatic hydroxyl groups is 2. The Balaban J connectivity index is 2.25. The molecule has 0 saturated carbocycles. The third-order valence-electron chi connectivity index (χ3n) is 1.97. The first-order valence-electron chi connectivity index (χ1n) is 3.94. The topological polar surface area (TPSA) is 75.7 Å². The number of nitrogens with two attached hydrogens (primary N) is 1. The summed E-state index contributed by atoms with van der Waals surface area (Å²) in [6.07, 6.45) is 1.27. The summed E-state index contributed by atoms with van der Waals surface area (Å²) in [5, 5.41) is 17.5. The molecule has 0 radical (unpaired) electrons. The van der Waals surface area contributed by atoms with Gasteiger partial charge in [-0.05, 0) is 12.8 Å². The van der Waals surface area contributed by atoms with Crippen molar-refractivity contribution >= 4 is 0 Å². The lowest BCUT2D eigenvalue weighted by Gasteiger charge is -2.17. The Hall–Kier alpha value is -0.160. The molecule has 1 fully saturated rings. The molecule has 0 amide bonds. The second-order valence-corrected chi connectivity index (χ2v) is 2.88. The van der Waals surface area contributed by atoms with Gasteiger partial charge in [-0.25, -0.2) is 0 Å². The van der Waals surface area contributed by atoms with Crippen LogP contribution in [-0.4, -0.2) is 35.3 Å². The lowest BCUT2D eigenvalue weighted by atomic mass is 10.1. The standard InChI is InChI=1S/C7H15NO3/c8-5(3-4-9)6-1-2-7(10)11-6/h5-7,9-10H,1-4,8H2. The quantitative estimate of drug-likeness (QED) is 0.506. The Labute approximate surface area is 66.0 Å². The maximum Gasteiger partial charge on any atom is 0.155 e. The van der Waals surface area contributed by atoms with E-state index in [0.29, 0.717) is 12.8 Å². The summed E-state index contributed by atoms with van der Waals surface area (Å²) in [4.78, 5) is 0. The minimum absolute atomic E-state index is 0.0721. The maximum absolute atomic E-state index is 8.98. The fraction of sp³-hybridized carbons (Fsp3) is 1.00. The Morgan fingerprint density at radius 3 is 2.73 bits per heavy atom. The predicted octanol–water partition coefficient (Wildman–Crippen LogP) is -0.807. The first-order valence-corrected chi connectivity index (χ1v) is 3.94. The fourth-order valence-corrected chi connectivity index (χ4v) is 1.29. The molecule has 0 aliphatic carbocycles. The third kappa shape index (κ3) is 2.41. The van der Waals surface area contributed by atoms with E-state index in [1.165, 1.54) is 0 Å². The molecule has 0 aromatic carbocycles. The van der Waals surface area contributed by atoms with Crippen LogP contribution in [0.25, 0.3) is 0 Å². The fourth-order valence-electron chi connectivity index (χ4n) is 1.29.